The van der Waals surface area contributed by atoms with Gasteiger partial charge < -0.3 is 5.32 Å². The molecule has 1 aromatic rings. The molecular formula is C9H7BrCl2FN. The van der Waals surface area contributed by atoms with E-state index < -0.39 is 0 Å². The second-order valence-corrected chi connectivity index (χ2v) is 4.10. The van der Waals surface area contributed by atoms with Crippen LogP contribution in [-0.2, 0) is 0 Å². The standard InChI is InChI=1S/C9H7BrCl2FN/c10-8-3-7(1-2-9(8)13)14-5-6(12)4-11/h1-4,14H,5H2/b6-4-. The van der Waals surface area contributed by atoms with Crippen LogP contribution < -0.4 is 5.32 Å². The number of halogens is 4. The molecule has 0 aliphatic rings. The predicted octanol–water partition coefficient (Wildman–Crippen LogP) is 4.32. The highest BCUT2D eigenvalue weighted by molar-refractivity contribution is 9.10. The smallest absolute Gasteiger partial charge is 0.137 e. The van der Waals surface area contributed by atoms with Gasteiger partial charge in [0.25, 0.3) is 0 Å². The first-order valence-corrected chi connectivity index (χ1v) is 5.38. The Morgan fingerprint density at radius 2 is 2.29 bits per heavy atom. The first-order chi connectivity index (χ1) is 6.63. The van der Waals surface area contributed by atoms with Gasteiger partial charge in [-0.3, -0.25) is 0 Å². The van der Waals surface area contributed by atoms with Gasteiger partial charge in [-0.05, 0) is 34.1 Å². The fourth-order valence-corrected chi connectivity index (χ4v) is 1.35. The second kappa shape index (κ2) is 5.59. The molecule has 0 radical (unpaired) electrons. The summed E-state index contributed by atoms with van der Waals surface area (Å²) in [6, 6.07) is 4.62. The van der Waals surface area contributed by atoms with Gasteiger partial charge >= 0.3 is 0 Å². The average Bonchev–Trinajstić information content (AvgIpc) is 2.19. The van der Waals surface area contributed by atoms with Crippen LogP contribution in [0.4, 0.5) is 10.1 Å². The summed E-state index contributed by atoms with van der Waals surface area (Å²) in [6.07, 6.45) is 0. The molecule has 0 aliphatic carbocycles. The summed E-state index contributed by atoms with van der Waals surface area (Å²) in [6.45, 7) is 0.420. The monoisotopic (exact) mass is 297 g/mol. The molecule has 0 saturated carbocycles. The van der Waals surface area contributed by atoms with Crippen LogP contribution in [0.25, 0.3) is 0 Å². The minimum atomic E-state index is -0.297. The van der Waals surface area contributed by atoms with Crippen LogP contribution in [0.5, 0.6) is 0 Å². The Bertz CT molecular complexity index is 355. The normalized spacial score (nSPS) is 11.6. The zero-order valence-electron chi connectivity index (χ0n) is 7.03. The second-order valence-electron chi connectivity index (χ2n) is 2.54. The van der Waals surface area contributed by atoms with Crippen LogP contribution >= 0.6 is 39.1 Å². The quantitative estimate of drug-likeness (QED) is 0.876. The van der Waals surface area contributed by atoms with Gasteiger partial charge in [0, 0.05) is 16.3 Å². The van der Waals surface area contributed by atoms with Crippen molar-refractivity contribution in [2.45, 2.75) is 0 Å². The molecule has 0 amide bonds. The molecule has 0 bridgehead atoms. The first-order valence-electron chi connectivity index (χ1n) is 3.77. The van der Waals surface area contributed by atoms with Crippen LogP contribution in [0.2, 0.25) is 0 Å². The number of anilines is 1. The van der Waals surface area contributed by atoms with Crippen LogP contribution in [-0.4, -0.2) is 6.54 Å². The van der Waals surface area contributed by atoms with Crippen molar-refractivity contribution in [2.75, 3.05) is 11.9 Å². The fraction of sp³-hybridized carbons (Fsp3) is 0.111. The molecule has 14 heavy (non-hydrogen) atoms. The van der Waals surface area contributed by atoms with Crippen molar-refractivity contribution >= 4 is 44.8 Å². The highest BCUT2D eigenvalue weighted by atomic mass is 79.9. The molecule has 5 heteroatoms. The Morgan fingerprint density at radius 3 is 2.86 bits per heavy atom. The van der Waals surface area contributed by atoms with Crippen LogP contribution in [0.15, 0.2) is 33.2 Å². The zero-order chi connectivity index (χ0) is 10.6. The lowest BCUT2D eigenvalue weighted by molar-refractivity contribution is 0.621. The summed E-state index contributed by atoms with van der Waals surface area (Å²) < 4.78 is 13.2. The van der Waals surface area contributed by atoms with Crippen LogP contribution in [0, 0.1) is 5.82 Å². The van der Waals surface area contributed by atoms with Gasteiger partial charge in [0.1, 0.15) is 5.82 Å². The van der Waals surface area contributed by atoms with Crippen molar-refractivity contribution in [3.05, 3.63) is 39.1 Å². The number of hydrogen-bond acceptors (Lipinski definition) is 1. The van der Waals surface area contributed by atoms with Crippen molar-refractivity contribution in [3.63, 3.8) is 0 Å². The molecule has 1 rings (SSSR count). The SMILES string of the molecule is Fc1ccc(NC/C(Cl)=C/Cl)cc1Br. The topological polar surface area (TPSA) is 12.0 Å². The minimum Gasteiger partial charge on any atom is -0.380 e. The molecule has 0 atom stereocenters. The summed E-state index contributed by atoms with van der Waals surface area (Å²) in [5, 5.41) is 3.47. The van der Waals surface area contributed by atoms with E-state index in [1.165, 1.54) is 11.6 Å². The predicted molar refractivity (Wildman–Crippen MR) is 62.4 cm³/mol. The summed E-state index contributed by atoms with van der Waals surface area (Å²) in [5.74, 6) is -0.297. The third kappa shape index (κ3) is 3.48. The van der Waals surface area contributed by atoms with Crippen molar-refractivity contribution in [3.8, 4) is 0 Å². The van der Waals surface area contributed by atoms with Gasteiger partial charge in [-0.1, -0.05) is 23.2 Å². The number of hydrogen-bond donors (Lipinski definition) is 1. The molecule has 0 aliphatic heterocycles. The lowest BCUT2D eigenvalue weighted by Gasteiger charge is -2.05. The number of rotatable bonds is 3. The third-order valence-electron chi connectivity index (χ3n) is 1.50. The molecule has 76 valence electrons. The Kier molecular flexibility index (Phi) is 4.72. The van der Waals surface area contributed by atoms with Gasteiger partial charge in [0.15, 0.2) is 0 Å². The van der Waals surface area contributed by atoms with E-state index in [9.17, 15) is 4.39 Å². The molecule has 0 fully saturated rings. The Morgan fingerprint density at radius 1 is 1.57 bits per heavy atom. The third-order valence-corrected chi connectivity index (χ3v) is 2.72. The largest absolute Gasteiger partial charge is 0.380 e. The summed E-state index contributed by atoms with van der Waals surface area (Å²) >= 11 is 14.1. The van der Waals surface area contributed by atoms with Crippen molar-refractivity contribution in [1.29, 1.82) is 0 Å². The van der Waals surface area contributed by atoms with Gasteiger partial charge in [-0.2, -0.15) is 0 Å². The van der Waals surface area contributed by atoms with E-state index >= 15 is 0 Å². The summed E-state index contributed by atoms with van der Waals surface area (Å²) in [5.41, 5.74) is 2.06. The van der Waals surface area contributed by atoms with Gasteiger partial charge in [0.2, 0.25) is 0 Å². The maximum absolute atomic E-state index is 12.8. The molecule has 1 nitrogen and oxygen atoms in total. The van der Waals surface area contributed by atoms with Crippen LogP contribution in [0.3, 0.4) is 0 Å². The van der Waals surface area contributed by atoms with Crippen molar-refractivity contribution in [1.82, 2.24) is 0 Å². The summed E-state index contributed by atoms with van der Waals surface area (Å²) in [7, 11) is 0. The molecule has 0 spiro atoms. The van der Waals surface area contributed by atoms with Gasteiger partial charge in [-0.25, -0.2) is 4.39 Å². The fourth-order valence-electron chi connectivity index (χ4n) is 0.831. The summed E-state index contributed by atoms with van der Waals surface area (Å²) in [4.78, 5) is 0. The number of nitrogens with one attached hydrogen (secondary N) is 1. The lowest BCUT2D eigenvalue weighted by atomic mass is 10.3. The molecule has 1 aromatic carbocycles. The Hall–Kier alpha value is -0.250. The van der Waals surface area contributed by atoms with E-state index in [4.69, 9.17) is 23.2 Å². The van der Waals surface area contributed by atoms with Crippen molar-refractivity contribution in [2.24, 2.45) is 0 Å². The Labute approximate surface area is 100 Å². The van der Waals surface area contributed by atoms with E-state index in [-0.39, 0.29) is 5.82 Å². The average molecular weight is 299 g/mol. The number of benzene rings is 1. The molecule has 0 unspecified atom stereocenters. The highest BCUT2D eigenvalue weighted by Crippen LogP contribution is 2.20. The lowest BCUT2D eigenvalue weighted by Crippen LogP contribution is -2.01. The van der Waals surface area contributed by atoms with E-state index in [1.807, 2.05) is 0 Å². The van der Waals surface area contributed by atoms with Gasteiger partial charge in [-0.15, -0.1) is 0 Å². The van der Waals surface area contributed by atoms with Crippen molar-refractivity contribution < 1.29 is 4.39 Å². The maximum atomic E-state index is 12.8. The molecular weight excluding hydrogens is 292 g/mol. The molecule has 0 heterocycles. The minimum absolute atomic E-state index is 0.297. The first kappa shape index (κ1) is 11.8. The van der Waals surface area contributed by atoms with E-state index in [1.54, 1.807) is 12.1 Å². The molecule has 0 saturated heterocycles. The van der Waals surface area contributed by atoms with Crippen LogP contribution in [0.1, 0.15) is 0 Å². The zero-order valence-corrected chi connectivity index (χ0v) is 10.1. The van der Waals surface area contributed by atoms with E-state index in [2.05, 4.69) is 21.2 Å². The van der Waals surface area contributed by atoms with E-state index in [0.29, 0.717) is 16.0 Å². The molecule has 0 aromatic heterocycles. The van der Waals surface area contributed by atoms with Gasteiger partial charge in [0.05, 0.1) is 11.0 Å². The Balaban J connectivity index is 2.64. The highest BCUT2D eigenvalue weighted by Gasteiger charge is 2.00. The maximum Gasteiger partial charge on any atom is 0.137 e. The molecule has 1 N–H and O–H groups in total. The van der Waals surface area contributed by atoms with E-state index in [0.717, 1.165) is 5.69 Å².